The fourth-order valence-electron chi connectivity index (χ4n) is 1.74. The number of nitrogens with zero attached hydrogens (tertiary/aromatic N) is 3. The summed E-state index contributed by atoms with van der Waals surface area (Å²) in [5.41, 5.74) is 0.334. The Kier molecular flexibility index (Phi) is 4.48. The predicted octanol–water partition coefficient (Wildman–Crippen LogP) is 2.03. The molecule has 1 N–H and O–H groups in total. The number of hydrogen-bond acceptors (Lipinski definition) is 7. The Morgan fingerprint density at radius 3 is 3.00 bits per heavy atom. The molecule has 8 nitrogen and oxygen atoms in total. The smallest absolute Gasteiger partial charge is 0.333 e. The lowest BCUT2D eigenvalue weighted by molar-refractivity contribution is -0.384. The van der Waals surface area contributed by atoms with Crippen LogP contribution < -0.4 is 10.1 Å². The van der Waals surface area contributed by atoms with Gasteiger partial charge in [0, 0.05) is 13.0 Å². The number of nitro benzene ring substituents is 1. The normalized spacial score (nSPS) is 10.2. The van der Waals surface area contributed by atoms with Gasteiger partial charge in [-0.2, -0.15) is 4.98 Å². The largest absolute Gasteiger partial charge is 0.487 e. The van der Waals surface area contributed by atoms with Crippen LogP contribution in [0.15, 0.2) is 29.0 Å². The number of anilines is 1. The van der Waals surface area contributed by atoms with Crippen molar-refractivity contribution in [2.45, 2.75) is 13.3 Å². The molecular formula is C12H14N4O4. The molecule has 0 radical (unpaired) electrons. The third kappa shape index (κ3) is 3.22. The number of rotatable bonds is 7. The molecule has 2 rings (SSSR count). The second kappa shape index (κ2) is 6.50. The van der Waals surface area contributed by atoms with Gasteiger partial charge >= 0.3 is 5.69 Å². The maximum absolute atomic E-state index is 11.2. The van der Waals surface area contributed by atoms with Gasteiger partial charge in [-0.05, 0) is 19.1 Å². The van der Waals surface area contributed by atoms with E-state index in [1.54, 1.807) is 25.1 Å². The van der Waals surface area contributed by atoms with Gasteiger partial charge in [-0.1, -0.05) is 11.2 Å². The van der Waals surface area contributed by atoms with Crippen LogP contribution >= 0.6 is 0 Å². The summed E-state index contributed by atoms with van der Waals surface area (Å²) in [4.78, 5) is 14.6. The van der Waals surface area contributed by atoms with Gasteiger partial charge in [-0.25, -0.2) is 0 Å². The minimum atomic E-state index is -0.458. The molecule has 0 spiro atoms. The van der Waals surface area contributed by atoms with Gasteiger partial charge in [0.25, 0.3) is 0 Å². The molecule has 0 aliphatic carbocycles. The van der Waals surface area contributed by atoms with Crippen molar-refractivity contribution in [1.82, 2.24) is 10.1 Å². The second-order valence-electron chi connectivity index (χ2n) is 3.85. The predicted molar refractivity (Wildman–Crippen MR) is 70.8 cm³/mol. The molecular weight excluding hydrogens is 264 g/mol. The van der Waals surface area contributed by atoms with Crippen molar-refractivity contribution in [2.24, 2.45) is 0 Å². The van der Waals surface area contributed by atoms with E-state index in [-0.39, 0.29) is 11.4 Å². The lowest BCUT2D eigenvalue weighted by Crippen LogP contribution is -2.08. The molecule has 0 aliphatic rings. The van der Waals surface area contributed by atoms with Crippen LogP contribution in [0, 0.1) is 10.1 Å². The zero-order chi connectivity index (χ0) is 14.4. The van der Waals surface area contributed by atoms with Crippen LogP contribution in [0.2, 0.25) is 0 Å². The molecule has 8 heteroatoms. The van der Waals surface area contributed by atoms with Crippen LogP contribution in [0.3, 0.4) is 0 Å². The van der Waals surface area contributed by atoms with E-state index in [1.807, 2.05) is 0 Å². The van der Waals surface area contributed by atoms with Crippen molar-refractivity contribution in [3.63, 3.8) is 0 Å². The number of hydrogen-bond donors (Lipinski definition) is 1. The number of ether oxygens (including phenoxy) is 1. The van der Waals surface area contributed by atoms with Crippen molar-refractivity contribution in [3.05, 3.63) is 40.5 Å². The molecule has 1 heterocycles. The summed E-state index contributed by atoms with van der Waals surface area (Å²) in [6.45, 7) is 2.59. The van der Waals surface area contributed by atoms with Crippen LogP contribution in [0.4, 0.5) is 11.4 Å². The van der Waals surface area contributed by atoms with E-state index in [2.05, 4.69) is 15.5 Å². The number of para-hydroxylation sites is 1. The molecule has 2 aromatic rings. The van der Waals surface area contributed by atoms with Crippen molar-refractivity contribution in [1.29, 1.82) is 0 Å². The van der Waals surface area contributed by atoms with Crippen LogP contribution in [0.5, 0.6) is 5.75 Å². The molecule has 106 valence electrons. The van der Waals surface area contributed by atoms with Gasteiger partial charge in [0.1, 0.15) is 5.69 Å². The first kappa shape index (κ1) is 13.8. The Bertz CT molecular complexity index is 571. The van der Waals surface area contributed by atoms with Crippen molar-refractivity contribution in [2.75, 3.05) is 18.5 Å². The SMILES string of the molecule is CCOc1cccc(NCCc2ncno2)c1[N+](=O)[O-]. The summed E-state index contributed by atoms with van der Waals surface area (Å²) >= 11 is 0. The first-order valence-electron chi connectivity index (χ1n) is 6.12. The highest BCUT2D eigenvalue weighted by Crippen LogP contribution is 2.34. The van der Waals surface area contributed by atoms with Gasteiger partial charge in [-0.3, -0.25) is 10.1 Å². The average Bonchev–Trinajstić information content (AvgIpc) is 2.92. The van der Waals surface area contributed by atoms with Crippen LogP contribution in [0.1, 0.15) is 12.8 Å². The quantitative estimate of drug-likeness (QED) is 0.610. The fraction of sp³-hybridized carbons (Fsp3) is 0.333. The van der Waals surface area contributed by atoms with E-state index in [0.717, 1.165) is 0 Å². The molecule has 1 aromatic heterocycles. The summed E-state index contributed by atoms with van der Waals surface area (Å²) in [5.74, 6) is 0.724. The molecule has 0 bridgehead atoms. The number of aromatic nitrogens is 2. The minimum Gasteiger partial charge on any atom is -0.487 e. The summed E-state index contributed by atoms with van der Waals surface area (Å²) in [7, 11) is 0. The lowest BCUT2D eigenvalue weighted by atomic mass is 10.2. The molecule has 0 amide bonds. The second-order valence-corrected chi connectivity index (χ2v) is 3.85. The molecule has 0 saturated carbocycles. The fourth-order valence-corrected chi connectivity index (χ4v) is 1.74. The monoisotopic (exact) mass is 278 g/mol. The lowest BCUT2D eigenvalue weighted by Gasteiger charge is -2.09. The molecule has 0 fully saturated rings. The van der Waals surface area contributed by atoms with Gasteiger partial charge < -0.3 is 14.6 Å². The van der Waals surface area contributed by atoms with Gasteiger partial charge in [-0.15, -0.1) is 0 Å². The number of nitrogens with one attached hydrogen (secondary N) is 1. The highest BCUT2D eigenvalue weighted by Gasteiger charge is 2.20. The first-order chi connectivity index (χ1) is 9.72. The van der Waals surface area contributed by atoms with Crippen molar-refractivity contribution >= 4 is 11.4 Å². The molecule has 1 aromatic carbocycles. The van der Waals surface area contributed by atoms with Crippen molar-refractivity contribution < 1.29 is 14.2 Å². The van der Waals surface area contributed by atoms with E-state index in [0.29, 0.717) is 31.2 Å². The molecule has 0 saturated heterocycles. The van der Waals surface area contributed by atoms with E-state index in [4.69, 9.17) is 9.26 Å². The maximum Gasteiger partial charge on any atom is 0.333 e. The third-order valence-corrected chi connectivity index (χ3v) is 2.54. The summed E-state index contributed by atoms with van der Waals surface area (Å²) in [5, 5.41) is 17.6. The van der Waals surface area contributed by atoms with Gasteiger partial charge in [0.05, 0.1) is 11.5 Å². The van der Waals surface area contributed by atoms with Crippen LogP contribution in [-0.2, 0) is 6.42 Å². The Hall–Kier alpha value is -2.64. The van der Waals surface area contributed by atoms with Gasteiger partial charge in [0.15, 0.2) is 12.1 Å². The summed E-state index contributed by atoms with van der Waals surface area (Å²) in [6, 6.07) is 4.91. The topological polar surface area (TPSA) is 103 Å². The van der Waals surface area contributed by atoms with Gasteiger partial charge in [0.2, 0.25) is 5.89 Å². The zero-order valence-electron chi connectivity index (χ0n) is 10.9. The average molecular weight is 278 g/mol. The van der Waals surface area contributed by atoms with Crippen LogP contribution in [0.25, 0.3) is 0 Å². The zero-order valence-corrected chi connectivity index (χ0v) is 10.9. The Morgan fingerprint density at radius 2 is 2.35 bits per heavy atom. The van der Waals surface area contributed by atoms with Crippen LogP contribution in [-0.4, -0.2) is 28.2 Å². The van der Waals surface area contributed by atoms with Crippen molar-refractivity contribution in [3.8, 4) is 5.75 Å². The minimum absolute atomic E-state index is 0.0696. The summed E-state index contributed by atoms with van der Waals surface area (Å²) in [6.07, 6.45) is 1.80. The molecule has 0 unspecified atom stereocenters. The van der Waals surface area contributed by atoms with E-state index < -0.39 is 4.92 Å². The molecule has 0 atom stereocenters. The van der Waals surface area contributed by atoms with E-state index in [9.17, 15) is 10.1 Å². The third-order valence-electron chi connectivity index (χ3n) is 2.54. The molecule has 20 heavy (non-hydrogen) atoms. The Balaban J connectivity index is 2.09. The Labute approximate surface area is 114 Å². The maximum atomic E-state index is 11.2. The highest BCUT2D eigenvalue weighted by molar-refractivity contribution is 5.68. The standard InChI is InChI=1S/C12H14N4O4/c1-2-19-10-5-3-4-9(12(10)16(17)18)13-7-6-11-14-8-15-20-11/h3-5,8,13H,2,6-7H2,1H3. The van der Waals surface area contributed by atoms with E-state index >= 15 is 0 Å². The number of nitro groups is 1. The Morgan fingerprint density at radius 1 is 1.50 bits per heavy atom. The van der Waals surface area contributed by atoms with E-state index in [1.165, 1.54) is 6.33 Å². The molecule has 0 aliphatic heterocycles. The highest BCUT2D eigenvalue weighted by atomic mass is 16.6. The number of benzene rings is 1. The first-order valence-corrected chi connectivity index (χ1v) is 6.12. The summed E-state index contributed by atoms with van der Waals surface area (Å²) < 4.78 is 10.1.